The lowest BCUT2D eigenvalue weighted by molar-refractivity contribution is -0.119. The number of anilines is 1. The number of rotatable bonds is 4. The van der Waals surface area contributed by atoms with Gasteiger partial charge in [-0.1, -0.05) is 36.4 Å². The Morgan fingerprint density at radius 2 is 2.00 bits per heavy atom. The number of hydrogen-bond donors (Lipinski definition) is 1. The Kier molecular flexibility index (Phi) is 5.05. The largest absolute Gasteiger partial charge is 0.326 e. The van der Waals surface area contributed by atoms with E-state index >= 15 is 0 Å². The van der Waals surface area contributed by atoms with Gasteiger partial charge in [-0.05, 0) is 31.2 Å². The number of aromatic nitrogens is 1. The van der Waals surface area contributed by atoms with Crippen molar-refractivity contribution in [1.82, 2.24) is 9.88 Å². The first kappa shape index (κ1) is 17.9. The van der Waals surface area contributed by atoms with E-state index in [0.717, 1.165) is 22.6 Å². The van der Waals surface area contributed by atoms with Crippen LogP contribution in [0.15, 0.2) is 47.8 Å². The first-order valence-electron chi connectivity index (χ1n) is 8.81. The number of thiophene rings is 1. The van der Waals surface area contributed by atoms with E-state index in [-0.39, 0.29) is 11.8 Å². The van der Waals surface area contributed by atoms with Crippen LogP contribution in [0.4, 0.5) is 5.13 Å². The molecule has 1 aliphatic rings. The maximum Gasteiger partial charge on any atom is 0.264 e. The number of benzene rings is 1. The van der Waals surface area contributed by atoms with Gasteiger partial charge in [-0.2, -0.15) is 0 Å². The molecule has 1 atom stereocenters. The lowest BCUT2D eigenvalue weighted by Crippen LogP contribution is -2.42. The zero-order valence-electron chi connectivity index (χ0n) is 14.8. The number of aryl methyl sites for hydroxylation is 1. The molecule has 2 amide bonds. The van der Waals surface area contributed by atoms with Gasteiger partial charge in [0.25, 0.3) is 5.91 Å². The van der Waals surface area contributed by atoms with Crippen molar-refractivity contribution in [3.63, 3.8) is 0 Å². The Balaban J connectivity index is 1.50. The third kappa shape index (κ3) is 3.65. The quantitative estimate of drug-likeness (QED) is 0.709. The third-order valence-electron chi connectivity index (χ3n) is 4.62. The van der Waals surface area contributed by atoms with Crippen LogP contribution in [0.5, 0.6) is 0 Å². The maximum absolute atomic E-state index is 12.8. The van der Waals surface area contributed by atoms with Crippen LogP contribution in [0.1, 0.15) is 27.4 Å². The summed E-state index contributed by atoms with van der Waals surface area (Å²) in [5.41, 5.74) is 1.91. The Hall–Kier alpha value is -2.51. The average molecular weight is 398 g/mol. The van der Waals surface area contributed by atoms with Gasteiger partial charge < -0.3 is 10.2 Å². The molecule has 1 aliphatic heterocycles. The summed E-state index contributed by atoms with van der Waals surface area (Å²) in [6.45, 7) is 2.61. The molecule has 0 bridgehead atoms. The molecule has 4 rings (SSSR count). The monoisotopic (exact) mass is 397 g/mol. The molecule has 1 N–H and O–H groups in total. The topological polar surface area (TPSA) is 62.3 Å². The first-order valence-corrected chi connectivity index (χ1v) is 10.5. The maximum atomic E-state index is 12.8. The molecular formula is C20H19N3O2S2. The predicted octanol–water partition coefficient (Wildman–Crippen LogP) is 4.42. The molecule has 5 nitrogen and oxygen atoms in total. The van der Waals surface area contributed by atoms with Gasteiger partial charge in [0.1, 0.15) is 6.04 Å². The van der Waals surface area contributed by atoms with Crippen LogP contribution >= 0.6 is 22.7 Å². The number of nitrogens with zero attached hydrogens (tertiary/aromatic N) is 2. The summed E-state index contributed by atoms with van der Waals surface area (Å²) in [5.74, 6) is -0.228. The number of hydrogen-bond acceptors (Lipinski definition) is 5. The van der Waals surface area contributed by atoms with E-state index in [1.165, 1.54) is 22.7 Å². The molecule has 0 radical (unpaired) electrons. The number of carbonyl (C=O) groups excluding carboxylic acids is 2. The fourth-order valence-electron chi connectivity index (χ4n) is 3.33. The van der Waals surface area contributed by atoms with Crippen molar-refractivity contribution >= 4 is 39.6 Å². The highest BCUT2D eigenvalue weighted by Gasteiger charge is 2.35. The standard InChI is InChI=1S/C20H19N3O2S2/c1-13-17(14-7-3-2-4-8-14)21-20(27-13)22-18(24)15-9-5-11-23(15)19(25)16-10-6-12-26-16/h2-4,6-8,10,12,15H,5,9,11H2,1H3,(H,21,22,24). The van der Waals surface area contributed by atoms with Crippen molar-refractivity contribution in [1.29, 1.82) is 0 Å². The molecule has 1 fully saturated rings. The van der Waals surface area contributed by atoms with Crippen LogP contribution in [0.2, 0.25) is 0 Å². The highest BCUT2D eigenvalue weighted by atomic mass is 32.1. The lowest BCUT2D eigenvalue weighted by atomic mass is 10.1. The summed E-state index contributed by atoms with van der Waals surface area (Å²) < 4.78 is 0. The van der Waals surface area contributed by atoms with E-state index < -0.39 is 6.04 Å². The van der Waals surface area contributed by atoms with E-state index in [1.807, 2.05) is 48.7 Å². The minimum Gasteiger partial charge on any atom is -0.326 e. The van der Waals surface area contributed by atoms with Gasteiger partial charge in [0.2, 0.25) is 5.91 Å². The second kappa shape index (κ2) is 7.62. The lowest BCUT2D eigenvalue weighted by Gasteiger charge is -2.22. The molecule has 1 aromatic carbocycles. The SMILES string of the molecule is Cc1sc(NC(=O)C2CCCN2C(=O)c2cccs2)nc1-c1ccccc1. The van der Waals surface area contributed by atoms with Gasteiger partial charge in [0.15, 0.2) is 5.13 Å². The Labute approximate surface area is 165 Å². The summed E-state index contributed by atoms with van der Waals surface area (Å²) in [4.78, 5) is 33.5. The molecule has 27 heavy (non-hydrogen) atoms. The van der Waals surface area contributed by atoms with Crippen LogP contribution in [-0.2, 0) is 4.79 Å². The van der Waals surface area contributed by atoms with E-state index in [4.69, 9.17) is 0 Å². The van der Waals surface area contributed by atoms with Crippen LogP contribution in [0.25, 0.3) is 11.3 Å². The van der Waals surface area contributed by atoms with Crippen molar-refractivity contribution in [3.8, 4) is 11.3 Å². The number of likely N-dealkylation sites (tertiary alicyclic amines) is 1. The van der Waals surface area contributed by atoms with Crippen LogP contribution in [0, 0.1) is 6.92 Å². The second-order valence-electron chi connectivity index (χ2n) is 6.41. The fourth-order valence-corrected chi connectivity index (χ4v) is 4.84. The zero-order chi connectivity index (χ0) is 18.8. The number of carbonyl (C=O) groups is 2. The highest BCUT2D eigenvalue weighted by Crippen LogP contribution is 2.31. The summed E-state index contributed by atoms with van der Waals surface area (Å²) in [5, 5.41) is 5.38. The Morgan fingerprint density at radius 1 is 1.19 bits per heavy atom. The number of thiazole rings is 1. The number of amides is 2. The van der Waals surface area contributed by atoms with Crippen LogP contribution < -0.4 is 5.32 Å². The second-order valence-corrected chi connectivity index (χ2v) is 8.56. The summed E-state index contributed by atoms with van der Waals surface area (Å²) in [7, 11) is 0. The van der Waals surface area contributed by atoms with Crippen molar-refractivity contribution in [2.75, 3.05) is 11.9 Å². The molecule has 1 saturated heterocycles. The zero-order valence-corrected chi connectivity index (χ0v) is 16.5. The van der Waals surface area contributed by atoms with Gasteiger partial charge in [-0.3, -0.25) is 9.59 Å². The molecule has 0 saturated carbocycles. The molecule has 2 aromatic heterocycles. The van der Waals surface area contributed by atoms with Crippen molar-refractivity contribution in [2.24, 2.45) is 0 Å². The van der Waals surface area contributed by atoms with Gasteiger partial charge in [0.05, 0.1) is 10.6 Å². The van der Waals surface area contributed by atoms with E-state index in [9.17, 15) is 9.59 Å². The highest BCUT2D eigenvalue weighted by molar-refractivity contribution is 7.16. The van der Waals surface area contributed by atoms with Crippen molar-refractivity contribution in [2.45, 2.75) is 25.8 Å². The van der Waals surface area contributed by atoms with Crippen LogP contribution in [0.3, 0.4) is 0 Å². The Morgan fingerprint density at radius 3 is 2.74 bits per heavy atom. The summed E-state index contributed by atoms with van der Waals surface area (Å²) in [6.07, 6.45) is 1.51. The molecule has 3 heterocycles. The van der Waals surface area contributed by atoms with Crippen molar-refractivity contribution in [3.05, 3.63) is 57.6 Å². The smallest absolute Gasteiger partial charge is 0.264 e. The van der Waals surface area contributed by atoms with Gasteiger partial charge in [-0.25, -0.2) is 4.98 Å². The van der Waals surface area contributed by atoms with Gasteiger partial charge in [0, 0.05) is 17.0 Å². The fraction of sp³-hybridized carbons (Fsp3) is 0.250. The molecule has 0 spiro atoms. The summed E-state index contributed by atoms with van der Waals surface area (Å²) >= 11 is 2.86. The first-order chi connectivity index (χ1) is 13.1. The van der Waals surface area contributed by atoms with Crippen LogP contribution in [-0.4, -0.2) is 34.3 Å². The molecule has 1 unspecified atom stereocenters. The molecule has 3 aromatic rings. The molecular weight excluding hydrogens is 378 g/mol. The summed E-state index contributed by atoms with van der Waals surface area (Å²) in [6, 6.07) is 13.1. The predicted molar refractivity (Wildman–Crippen MR) is 109 cm³/mol. The average Bonchev–Trinajstić information content (AvgIpc) is 3.43. The Bertz CT molecular complexity index is 951. The normalized spacial score (nSPS) is 16.5. The van der Waals surface area contributed by atoms with Gasteiger partial charge >= 0.3 is 0 Å². The van der Waals surface area contributed by atoms with Crippen molar-refractivity contribution < 1.29 is 9.59 Å². The third-order valence-corrected chi connectivity index (χ3v) is 6.37. The molecule has 7 heteroatoms. The van der Waals surface area contributed by atoms with E-state index in [2.05, 4.69) is 10.3 Å². The molecule has 138 valence electrons. The van der Waals surface area contributed by atoms with E-state index in [0.29, 0.717) is 23.0 Å². The minimum atomic E-state index is -0.441. The minimum absolute atomic E-state index is 0.0667. The number of nitrogens with one attached hydrogen (secondary N) is 1. The molecule has 0 aliphatic carbocycles. The van der Waals surface area contributed by atoms with Gasteiger partial charge in [-0.15, -0.1) is 22.7 Å². The van der Waals surface area contributed by atoms with E-state index in [1.54, 1.807) is 11.0 Å².